The SMILES string of the molecule is OC1(c2ccc(Cl)cc2)C[n+]2ccccc2N1c1ccccc1.[Br-]. The van der Waals surface area contributed by atoms with E-state index in [2.05, 4.69) is 4.57 Å². The summed E-state index contributed by atoms with van der Waals surface area (Å²) >= 11 is 6.01. The van der Waals surface area contributed by atoms with Gasteiger partial charge in [-0.05, 0) is 30.3 Å². The van der Waals surface area contributed by atoms with Gasteiger partial charge in [-0.1, -0.05) is 48.0 Å². The number of hydrogen-bond donors (Lipinski definition) is 1. The Kier molecular flexibility index (Phi) is 4.63. The third kappa shape index (κ3) is 2.71. The molecule has 0 fully saturated rings. The third-order valence-corrected chi connectivity index (χ3v) is 4.48. The van der Waals surface area contributed by atoms with E-state index in [4.69, 9.17) is 11.6 Å². The fourth-order valence-electron chi connectivity index (χ4n) is 3.16. The first-order valence-electron chi connectivity index (χ1n) is 7.51. The van der Waals surface area contributed by atoms with Crippen molar-refractivity contribution < 1.29 is 26.7 Å². The van der Waals surface area contributed by atoms with Crippen LogP contribution in [0.5, 0.6) is 0 Å². The van der Waals surface area contributed by atoms with Crippen LogP contribution in [0.2, 0.25) is 5.02 Å². The molecule has 122 valence electrons. The van der Waals surface area contributed by atoms with Crippen LogP contribution in [0.15, 0.2) is 79.0 Å². The van der Waals surface area contributed by atoms with Crippen LogP contribution in [0.4, 0.5) is 11.5 Å². The van der Waals surface area contributed by atoms with Gasteiger partial charge in [0.05, 0.1) is 6.20 Å². The molecule has 24 heavy (non-hydrogen) atoms. The average molecular weight is 404 g/mol. The van der Waals surface area contributed by atoms with Crippen LogP contribution in [-0.4, -0.2) is 5.11 Å². The van der Waals surface area contributed by atoms with Crippen LogP contribution in [0.1, 0.15) is 5.56 Å². The molecule has 1 aliphatic heterocycles. The first-order chi connectivity index (χ1) is 11.2. The number of fused-ring (bicyclic) bond motifs is 1. The first kappa shape index (κ1) is 17.0. The molecule has 1 aromatic heterocycles. The van der Waals surface area contributed by atoms with Gasteiger partial charge in [0.15, 0.2) is 6.54 Å². The van der Waals surface area contributed by atoms with E-state index in [-0.39, 0.29) is 17.0 Å². The van der Waals surface area contributed by atoms with Crippen LogP contribution in [0.3, 0.4) is 0 Å². The molecule has 0 radical (unpaired) electrons. The molecule has 5 heteroatoms. The molecule has 1 aliphatic rings. The molecule has 0 spiro atoms. The second kappa shape index (κ2) is 6.55. The number of para-hydroxylation sites is 1. The minimum Gasteiger partial charge on any atom is -1.00 e. The fourth-order valence-corrected chi connectivity index (χ4v) is 3.29. The van der Waals surface area contributed by atoms with E-state index in [1.165, 1.54) is 0 Å². The van der Waals surface area contributed by atoms with E-state index < -0.39 is 5.72 Å². The lowest BCUT2D eigenvalue weighted by molar-refractivity contribution is -0.683. The van der Waals surface area contributed by atoms with E-state index in [9.17, 15) is 5.11 Å². The molecule has 3 aromatic rings. The van der Waals surface area contributed by atoms with E-state index in [1.807, 2.05) is 83.9 Å². The standard InChI is InChI=1S/C19H16ClN2O.BrH/c20-16-11-9-15(10-12-16)19(23)14-21-13-5-4-8-18(21)22(19)17-6-2-1-3-7-17;/h1-13,23H,14H2;1H/q+1;/p-1. The molecule has 1 atom stereocenters. The highest BCUT2D eigenvalue weighted by Crippen LogP contribution is 2.40. The van der Waals surface area contributed by atoms with Crippen molar-refractivity contribution in [3.63, 3.8) is 0 Å². The van der Waals surface area contributed by atoms with Crippen molar-refractivity contribution in [2.75, 3.05) is 4.90 Å². The van der Waals surface area contributed by atoms with Crippen molar-refractivity contribution in [2.45, 2.75) is 12.3 Å². The summed E-state index contributed by atoms with van der Waals surface area (Å²) in [6, 6.07) is 23.3. The predicted molar refractivity (Wildman–Crippen MR) is 90.6 cm³/mol. The van der Waals surface area contributed by atoms with Crippen LogP contribution in [0, 0.1) is 0 Å². The van der Waals surface area contributed by atoms with Gasteiger partial charge in [-0.25, -0.2) is 4.57 Å². The summed E-state index contributed by atoms with van der Waals surface area (Å²) in [4.78, 5) is 1.97. The van der Waals surface area contributed by atoms with Crippen molar-refractivity contribution in [3.05, 3.63) is 89.6 Å². The monoisotopic (exact) mass is 402 g/mol. The van der Waals surface area contributed by atoms with Gasteiger partial charge in [0.2, 0.25) is 0 Å². The van der Waals surface area contributed by atoms with Gasteiger partial charge in [-0.15, -0.1) is 0 Å². The quantitative estimate of drug-likeness (QED) is 0.636. The molecule has 2 aromatic carbocycles. The largest absolute Gasteiger partial charge is 1.00 e. The highest BCUT2D eigenvalue weighted by molar-refractivity contribution is 6.30. The number of rotatable bonds is 2. The van der Waals surface area contributed by atoms with Gasteiger partial charge in [0.25, 0.3) is 11.5 Å². The lowest BCUT2D eigenvalue weighted by atomic mass is 10.0. The zero-order chi connectivity index (χ0) is 15.9. The first-order valence-corrected chi connectivity index (χ1v) is 7.88. The topological polar surface area (TPSA) is 27.4 Å². The summed E-state index contributed by atoms with van der Waals surface area (Å²) in [5, 5.41) is 12.2. The van der Waals surface area contributed by atoms with Crippen molar-refractivity contribution in [3.8, 4) is 0 Å². The molecule has 1 unspecified atom stereocenters. The maximum Gasteiger partial charge on any atom is 0.284 e. The summed E-state index contributed by atoms with van der Waals surface area (Å²) in [7, 11) is 0. The molecule has 2 heterocycles. The fraction of sp³-hybridized carbons (Fsp3) is 0.105. The Morgan fingerprint density at radius 2 is 1.58 bits per heavy atom. The maximum absolute atomic E-state index is 11.6. The number of benzene rings is 2. The Labute approximate surface area is 156 Å². The van der Waals surface area contributed by atoms with Crippen molar-refractivity contribution in [2.24, 2.45) is 0 Å². The zero-order valence-corrected chi connectivity index (χ0v) is 15.2. The number of hydrogen-bond acceptors (Lipinski definition) is 2. The van der Waals surface area contributed by atoms with Crippen molar-refractivity contribution in [1.82, 2.24) is 0 Å². The summed E-state index contributed by atoms with van der Waals surface area (Å²) in [6.45, 7) is 0.458. The molecular weight excluding hydrogens is 388 g/mol. The Bertz CT molecular complexity index is 842. The Morgan fingerprint density at radius 3 is 2.29 bits per heavy atom. The molecule has 0 aliphatic carbocycles. The Hall–Kier alpha value is -1.88. The highest BCUT2D eigenvalue weighted by Gasteiger charge is 2.52. The molecule has 0 saturated carbocycles. The number of nitrogens with zero attached hydrogens (tertiary/aromatic N) is 2. The number of halogens is 2. The Balaban J connectivity index is 0.00000169. The molecule has 1 N–H and O–H groups in total. The number of aromatic nitrogens is 1. The van der Waals surface area contributed by atoms with Crippen LogP contribution >= 0.6 is 11.6 Å². The van der Waals surface area contributed by atoms with Gasteiger partial charge in [0.1, 0.15) is 5.69 Å². The minimum absolute atomic E-state index is 0. The van der Waals surface area contributed by atoms with Gasteiger partial charge >= 0.3 is 0 Å². The van der Waals surface area contributed by atoms with Crippen molar-refractivity contribution in [1.29, 1.82) is 0 Å². The minimum atomic E-state index is -1.15. The van der Waals surface area contributed by atoms with Gasteiger partial charge in [-0.3, -0.25) is 0 Å². The van der Waals surface area contributed by atoms with E-state index in [0.29, 0.717) is 11.6 Å². The Morgan fingerprint density at radius 1 is 0.917 bits per heavy atom. The van der Waals surface area contributed by atoms with Gasteiger partial charge in [0, 0.05) is 16.7 Å². The number of pyridine rings is 1. The molecule has 0 saturated heterocycles. The summed E-state index contributed by atoms with van der Waals surface area (Å²) < 4.78 is 2.06. The molecular formula is C19H16BrClN2O. The lowest BCUT2D eigenvalue weighted by Crippen LogP contribution is -3.00. The third-order valence-electron chi connectivity index (χ3n) is 4.23. The molecule has 3 nitrogen and oxygen atoms in total. The lowest BCUT2D eigenvalue weighted by Gasteiger charge is -2.27. The van der Waals surface area contributed by atoms with E-state index in [1.54, 1.807) is 0 Å². The zero-order valence-electron chi connectivity index (χ0n) is 12.8. The predicted octanol–water partition coefficient (Wildman–Crippen LogP) is 0.628. The van der Waals surface area contributed by atoms with E-state index >= 15 is 0 Å². The smallest absolute Gasteiger partial charge is 0.284 e. The number of aliphatic hydroxyl groups is 1. The van der Waals surface area contributed by atoms with Crippen LogP contribution in [0.25, 0.3) is 0 Å². The summed E-state index contributed by atoms with van der Waals surface area (Å²) in [6.07, 6.45) is 1.99. The summed E-state index contributed by atoms with van der Waals surface area (Å²) in [5.41, 5.74) is 0.608. The summed E-state index contributed by atoms with van der Waals surface area (Å²) in [5.74, 6) is 0.955. The number of anilines is 2. The highest BCUT2D eigenvalue weighted by atomic mass is 79.9. The average Bonchev–Trinajstić information content (AvgIpc) is 2.89. The molecule has 0 amide bonds. The van der Waals surface area contributed by atoms with E-state index in [0.717, 1.165) is 17.1 Å². The van der Waals surface area contributed by atoms with Crippen molar-refractivity contribution >= 4 is 23.1 Å². The van der Waals surface area contributed by atoms with Crippen LogP contribution in [-0.2, 0) is 12.3 Å². The van der Waals surface area contributed by atoms with Crippen LogP contribution < -0.4 is 26.4 Å². The van der Waals surface area contributed by atoms with Gasteiger partial charge in [-0.2, -0.15) is 4.90 Å². The second-order valence-electron chi connectivity index (χ2n) is 5.68. The maximum atomic E-state index is 11.6. The molecule has 0 bridgehead atoms. The normalized spacial score (nSPS) is 18.8. The molecule has 4 rings (SSSR count). The van der Waals surface area contributed by atoms with Gasteiger partial charge < -0.3 is 22.1 Å². The second-order valence-corrected chi connectivity index (χ2v) is 6.12.